The van der Waals surface area contributed by atoms with E-state index in [-0.39, 0.29) is 23.0 Å². The van der Waals surface area contributed by atoms with Gasteiger partial charge in [-0.3, -0.25) is 0 Å². The van der Waals surface area contributed by atoms with Crippen LogP contribution in [0.25, 0.3) is 0 Å². The molecule has 9 unspecified atom stereocenters. The van der Waals surface area contributed by atoms with Gasteiger partial charge in [-0.1, -0.05) is 47.0 Å². The molecule has 4 aliphatic carbocycles. The Labute approximate surface area is 246 Å². The molecule has 6 heteroatoms. The van der Waals surface area contributed by atoms with Crippen LogP contribution in [0.1, 0.15) is 111 Å². The largest absolute Gasteiger partial charge is 0.378 e. The van der Waals surface area contributed by atoms with Gasteiger partial charge in [-0.2, -0.15) is 0 Å². The van der Waals surface area contributed by atoms with Gasteiger partial charge in [0.2, 0.25) is 0 Å². The van der Waals surface area contributed by atoms with Crippen molar-refractivity contribution in [3.8, 4) is 0 Å². The molecule has 0 aromatic rings. The summed E-state index contributed by atoms with van der Waals surface area (Å²) in [5.74, 6) is 5.95. The fourth-order valence-corrected chi connectivity index (χ4v) is 9.59. The maximum Gasteiger partial charge on any atom is 0.0649 e. The Hall–Kier alpha value is -0.240. The van der Waals surface area contributed by atoms with Gasteiger partial charge in [-0.25, -0.2) is 0 Å². The van der Waals surface area contributed by atoms with Gasteiger partial charge in [0.25, 0.3) is 0 Å². The molecule has 4 fully saturated rings. The molecule has 0 bridgehead atoms. The third kappa shape index (κ3) is 6.63. The maximum atomic E-state index is 6.92. The molecular formula is C34H63N3O3. The number of ether oxygens (including phenoxy) is 3. The zero-order valence-corrected chi connectivity index (χ0v) is 26.4. The summed E-state index contributed by atoms with van der Waals surface area (Å²) in [6.07, 6.45) is 15.8. The van der Waals surface area contributed by atoms with Gasteiger partial charge in [0.05, 0.1) is 18.3 Å². The third-order valence-corrected chi connectivity index (χ3v) is 11.8. The second kappa shape index (κ2) is 15.0. The van der Waals surface area contributed by atoms with E-state index in [0.29, 0.717) is 43.5 Å². The SMILES string of the molecule is CCCCC(C)C1CCC2[C]3C(OCCCN)C[C]4CC(OCCCN)CCC4(C)C3CC(OCCCN)C21C. The van der Waals surface area contributed by atoms with Crippen molar-refractivity contribution in [2.45, 2.75) is 129 Å². The molecule has 4 saturated carbocycles. The van der Waals surface area contributed by atoms with Crippen molar-refractivity contribution in [3.63, 3.8) is 0 Å². The Balaban J connectivity index is 1.64. The molecule has 9 atom stereocenters. The highest BCUT2D eigenvalue weighted by Gasteiger charge is 2.67. The van der Waals surface area contributed by atoms with Gasteiger partial charge in [-0.05, 0) is 119 Å². The lowest BCUT2D eigenvalue weighted by molar-refractivity contribution is -0.152. The highest BCUT2D eigenvalue weighted by Crippen LogP contribution is 2.70. The molecule has 0 spiro atoms. The Morgan fingerprint density at radius 2 is 1.50 bits per heavy atom. The van der Waals surface area contributed by atoms with Crippen LogP contribution in [0.3, 0.4) is 0 Å². The van der Waals surface area contributed by atoms with E-state index in [1.807, 2.05) is 0 Å². The Bertz CT molecular complexity index is 754. The standard InChI is InChI=1S/C34H63N3O3/c1-5-6-10-24(2)27-11-12-28-32-29(23-31(34(27,28)4)40-20-9-17-37)33(3)14-13-26(38-18-7-15-35)21-25(33)22-30(32)39-19-8-16-36/h24,26-31H,5-23,35-37H2,1-4H3. The summed E-state index contributed by atoms with van der Waals surface area (Å²) < 4.78 is 20.1. The van der Waals surface area contributed by atoms with E-state index >= 15 is 0 Å². The lowest BCUT2D eigenvalue weighted by Crippen LogP contribution is -2.62. The minimum absolute atomic E-state index is 0.166. The highest BCUT2D eigenvalue weighted by atomic mass is 16.5. The van der Waals surface area contributed by atoms with Crippen LogP contribution in [0.2, 0.25) is 0 Å². The molecular weight excluding hydrogens is 498 g/mol. The molecule has 0 amide bonds. The van der Waals surface area contributed by atoms with E-state index in [1.165, 1.54) is 38.5 Å². The van der Waals surface area contributed by atoms with Crippen molar-refractivity contribution in [1.82, 2.24) is 0 Å². The lowest BCUT2D eigenvalue weighted by Gasteiger charge is -2.64. The highest BCUT2D eigenvalue weighted by molar-refractivity contribution is 5.32. The number of hydrogen-bond donors (Lipinski definition) is 3. The van der Waals surface area contributed by atoms with Crippen molar-refractivity contribution < 1.29 is 14.2 Å². The van der Waals surface area contributed by atoms with Gasteiger partial charge in [0, 0.05) is 31.2 Å². The summed E-state index contributed by atoms with van der Waals surface area (Å²) in [5, 5.41) is 0. The molecule has 0 aliphatic heterocycles. The predicted molar refractivity (Wildman–Crippen MR) is 164 cm³/mol. The van der Waals surface area contributed by atoms with Crippen molar-refractivity contribution in [1.29, 1.82) is 0 Å². The number of fused-ring (bicyclic) bond motifs is 5. The summed E-state index contributed by atoms with van der Waals surface area (Å²) in [6.45, 7) is 14.4. The first-order valence-corrected chi connectivity index (χ1v) is 17.0. The molecule has 40 heavy (non-hydrogen) atoms. The van der Waals surface area contributed by atoms with Crippen LogP contribution in [0.4, 0.5) is 0 Å². The molecule has 0 heterocycles. The van der Waals surface area contributed by atoms with Crippen LogP contribution in [0.5, 0.6) is 0 Å². The molecule has 0 aromatic carbocycles. The Kier molecular flexibility index (Phi) is 12.2. The average molecular weight is 562 g/mol. The van der Waals surface area contributed by atoms with E-state index in [1.54, 1.807) is 11.8 Å². The van der Waals surface area contributed by atoms with Crippen LogP contribution in [-0.4, -0.2) is 57.8 Å². The molecule has 6 nitrogen and oxygen atoms in total. The number of nitrogens with two attached hydrogens (primary N) is 3. The fourth-order valence-electron chi connectivity index (χ4n) is 9.59. The van der Waals surface area contributed by atoms with Gasteiger partial charge < -0.3 is 31.4 Å². The van der Waals surface area contributed by atoms with Gasteiger partial charge in [0.15, 0.2) is 0 Å². The van der Waals surface area contributed by atoms with E-state index in [4.69, 9.17) is 31.4 Å². The minimum atomic E-state index is 0.166. The maximum absolute atomic E-state index is 6.92. The van der Waals surface area contributed by atoms with Crippen molar-refractivity contribution in [2.75, 3.05) is 39.5 Å². The topological polar surface area (TPSA) is 106 Å². The van der Waals surface area contributed by atoms with Crippen LogP contribution in [0.15, 0.2) is 0 Å². The summed E-state index contributed by atoms with van der Waals surface area (Å²) in [4.78, 5) is 0. The minimum Gasteiger partial charge on any atom is -0.378 e. The van der Waals surface area contributed by atoms with Gasteiger partial charge >= 0.3 is 0 Å². The normalized spacial score (nSPS) is 39.1. The molecule has 2 radical (unpaired) electrons. The summed E-state index contributed by atoms with van der Waals surface area (Å²) in [7, 11) is 0. The molecule has 232 valence electrons. The molecule has 4 aliphatic rings. The lowest BCUT2D eigenvalue weighted by atomic mass is 9.43. The van der Waals surface area contributed by atoms with Crippen molar-refractivity contribution >= 4 is 0 Å². The van der Waals surface area contributed by atoms with Gasteiger partial charge in [-0.15, -0.1) is 0 Å². The summed E-state index contributed by atoms with van der Waals surface area (Å²) >= 11 is 0. The zero-order chi connectivity index (χ0) is 28.8. The fraction of sp³-hybridized carbons (Fsp3) is 0.941. The van der Waals surface area contributed by atoms with Crippen LogP contribution in [0, 0.1) is 46.3 Å². The molecule has 0 saturated heterocycles. The Morgan fingerprint density at radius 3 is 2.17 bits per heavy atom. The molecule has 6 N–H and O–H groups in total. The van der Waals surface area contributed by atoms with Gasteiger partial charge in [0.1, 0.15) is 0 Å². The first-order chi connectivity index (χ1) is 19.3. The van der Waals surface area contributed by atoms with Crippen LogP contribution >= 0.6 is 0 Å². The van der Waals surface area contributed by atoms with Crippen LogP contribution in [-0.2, 0) is 14.2 Å². The molecule has 0 aromatic heterocycles. The van der Waals surface area contributed by atoms with Crippen molar-refractivity contribution in [2.24, 2.45) is 51.7 Å². The quantitative estimate of drug-likeness (QED) is 0.205. The van der Waals surface area contributed by atoms with E-state index in [2.05, 4.69) is 27.7 Å². The average Bonchev–Trinajstić information content (AvgIpc) is 3.31. The smallest absolute Gasteiger partial charge is 0.0649 e. The second-order valence-electron chi connectivity index (χ2n) is 14.1. The Morgan fingerprint density at radius 1 is 0.825 bits per heavy atom. The third-order valence-electron chi connectivity index (χ3n) is 11.8. The summed E-state index contributed by atoms with van der Waals surface area (Å²) in [5.41, 5.74) is 18.0. The van der Waals surface area contributed by atoms with E-state index in [0.717, 1.165) is 70.7 Å². The first kappa shape index (κ1) is 32.7. The molecule has 4 rings (SSSR count). The van der Waals surface area contributed by atoms with Crippen molar-refractivity contribution in [3.05, 3.63) is 11.8 Å². The van der Waals surface area contributed by atoms with E-state index < -0.39 is 0 Å². The zero-order valence-electron chi connectivity index (χ0n) is 26.4. The predicted octanol–water partition coefficient (Wildman–Crippen LogP) is 5.81. The second-order valence-corrected chi connectivity index (χ2v) is 14.1. The van der Waals surface area contributed by atoms with Crippen LogP contribution < -0.4 is 17.2 Å². The number of rotatable bonds is 16. The first-order valence-electron chi connectivity index (χ1n) is 17.0. The summed E-state index contributed by atoms with van der Waals surface area (Å²) in [6, 6.07) is 0. The monoisotopic (exact) mass is 561 g/mol. The van der Waals surface area contributed by atoms with E-state index in [9.17, 15) is 0 Å². The number of hydrogen-bond acceptors (Lipinski definition) is 6. The number of unbranched alkanes of at least 4 members (excludes halogenated alkanes) is 1.